The van der Waals surface area contributed by atoms with E-state index >= 15 is 0 Å². The Kier molecular flexibility index (Phi) is 5.93. The van der Waals surface area contributed by atoms with Gasteiger partial charge in [0, 0.05) is 18.4 Å². The number of halogens is 1. The highest BCUT2D eigenvalue weighted by Crippen LogP contribution is 2.20. The summed E-state index contributed by atoms with van der Waals surface area (Å²) in [6.45, 7) is 6.26. The van der Waals surface area contributed by atoms with Crippen molar-refractivity contribution in [3.05, 3.63) is 58.1 Å². The lowest BCUT2D eigenvalue weighted by Crippen LogP contribution is -2.22. The number of hydrogen-bond acceptors (Lipinski definition) is 4. The van der Waals surface area contributed by atoms with Crippen LogP contribution in [0, 0.1) is 13.8 Å². The smallest absolute Gasteiger partial charge is 0.278 e. The van der Waals surface area contributed by atoms with Crippen LogP contribution in [-0.2, 0) is 17.9 Å². The molecule has 9 heteroatoms. The Bertz CT molecular complexity index is 1010. The van der Waals surface area contributed by atoms with Crippen molar-refractivity contribution in [2.75, 3.05) is 10.6 Å². The quantitative estimate of drug-likeness (QED) is 0.609. The van der Waals surface area contributed by atoms with E-state index in [1.54, 1.807) is 27.7 Å². The third kappa shape index (κ3) is 4.30. The van der Waals surface area contributed by atoms with E-state index in [2.05, 4.69) is 36.8 Å². The van der Waals surface area contributed by atoms with Crippen molar-refractivity contribution in [1.29, 1.82) is 0 Å². The molecule has 2 aromatic heterocycles. The van der Waals surface area contributed by atoms with Crippen LogP contribution in [0.1, 0.15) is 28.8 Å². The molecule has 0 atom stereocenters. The Balaban J connectivity index is 1.77. The highest BCUT2D eigenvalue weighted by molar-refractivity contribution is 9.10. The number of nitrogens with zero attached hydrogens (tertiary/aromatic N) is 4. The molecule has 2 heterocycles. The van der Waals surface area contributed by atoms with Crippen LogP contribution in [-0.4, -0.2) is 31.4 Å². The van der Waals surface area contributed by atoms with Crippen molar-refractivity contribution < 1.29 is 9.59 Å². The summed E-state index contributed by atoms with van der Waals surface area (Å²) >= 11 is 3.45. The van der Waals surface area contributed by atoms with Crippen molar-refractivity contribution in [3.8, 4) is 0 Å². The third-order valence-corrected chi connectivity index (χ3v) is 5.34. The lowest BCUT2D eigenvalue weighted by Gasteiger charge is -2.07. The zero-order valence-electron chi connectivity index (χ0n) is 15.9. The lowest BCUT2D eigenvalue weighted by atomic mass is 10.3. The number of para-hydroxylation sites is 1. The molecule has 0 aliphatic rings. The standard InChI is InChI=1S/C19H21BrN6O2/c1-4-25-10-15(18(24-25)19(28)21-14-8-6-5-7-9-14)22-16(27)11-26-13(3)17(20)12(2)23-26/h5-10H,4,11H2,1-3H3,(H,21,28)(H,22,27). The van der Waals surface area contributed by atoms with Crippen molar-refractivity contribution in [2.24, 2.45) is 0 Å². The Morgan fingerprint density at radius 3 is 2.43 bits per heavy atom. The molecule has 0 aliphatic heterocycles. The van der Waals surface area contributed by atoms with Gasteiger partial charge in [-0.1, -0.05) is 18.2 Å². The fourth-order valence-electron chi connectivity index (χ4n) is 2.71. The van der Waals surface area contributed by atoms with Gasteiger partial charge in [-0.2, -0.15) is 10.2 Å². The molecule has 0 saturated carbocycles. The highest BCUT2D eigenvalue weighted by atomic mass is 79.9. The molecule has 3 rings (SSSR count). The minimum Gasteiger partial charge on any atom is -0.321 e. The van der Waals surface area contributed by atoms with Crippen molar-refractivity contribution in [2.45, 2.75) is 33.9 Å². The molecule has 0 bridgehead atoms. The number of aryl methyl sites for hydroxylation is 2. The molecule has 146 valence electrons. The summed E-state index contributed by atoms with van der Waals surface area (Å²) in [5.41, 5.74) is 2.85. The van der Waals surface area contributed by atoms with Gasteiger partial charge < -0.3 is 10.6 Å². The normalized spacial score (nSPS) is 10.7. The van der Waals surface area contributed by atoms with Crippen LogP contribution in [0.2, 0.25) is 0 Å². The summed E-state index contributed by atoms with van der Waals surface area (Å²) in [5.74, 6) is -0.676. The molecule has 2 N–H and O–H groups in total. The molecule has 0 saturated heterocycles. The predicted molar refractivity (Wildman–Crippen MR) is 110 cm³/mol. The molecule has 3 aromatic rings. The van der Waals surface area contributed by atoms with Crippen molar-refractivity contribution in [1.82, 2.24) is 19.6 Å². The predicted octanol–water partition coefficient (Wildman–Crippen LogP) is 3.37. The zero-order valence-corrected chi connectivity index (χ0v) is 17.4. The minimum atomic E-state index is -0.387. The van der Waals surface area contributed by atoms with Gasteiger partial charge in [0.1, 0.15) is 6.54 Å². The van der Waals surface area contributed by atoms with Crippen LogP contribution in [0.15, 0.2) is 41.0 Å². The third-order valence-electron chi connectivity index (χ3n) is 4.19. The molecule has 0 unspecified atom stereocenters. The Labute approximate surface area is 171 Å². The van der Waals surface area contributed by atoms with E-state index in [9.17, 15) is 9.59 Å². The Morgan fingerprint density at radius 1 is 1.11 bits per heavy atom. The largest absolute Gasteiger partial charge is 0.321 e. The van der Waals surface area contributed by atoms with E-state index in [0.717, 1.165) is 15.9 Å². The highest BCUT2D eigenvalue weighted by Gasteiger charge is 2.20. The van der Waals surface area contributed by atoms with E-state index in [1.807, 2.05) is 39.0 Å². The maximum absolute atomic E-state index is 12.6. The SMILES string of the molecule is CCn1cc(NC(=O)Cn2nc(C)c(Br)c2C)c(C(=O)Nc2ccccc2)n1. The fraction of sp³-hybridized carbons (Fsp3) is 0.263. The lowest BCUT2D eigenvalue weighted by molar-refractivity contribution is -0.116. The molecule has 1 aromatic carbocycles. The van der Waals surface area contributed by atoms with E-state index < -0.39 is 0 Å². The first-order valence-electron chi connectivity index (χ1n) is 8.82. The summed E-state index contributed by atoms with van der Waals surface area (Å²) in [7, 11) is 0. The van der Waals surface area contributed by atoms with Gasteiger partial charge in [-0.15, -0.1) is 0 Å². The first kappa shape index (κ1) is 19.8. The van der Waals surface area contributed by atoms with Crippen LogP contribution in [0.4, 0.5) is 11.4 Å². The number of carbonyl (C=O) groups is 2. The van der Waals surface area contributed by atoms with E-state index in [0.29, 0.717) is 17.9 Å². The number of nitrogens with one attached hydrogen (secondary N) is 2. The van der Waals surface area contributed by atoms with Crippen LogP contribution >= 0.6 is 15.9 Å². The Morgan fingerprint density at radius 2 is 1.82 bits per heavy atom. The maximum atomic E-state index is 12.6. The second kappa shape index (κ2) is 8.39. The van der Waals surface area contributed by atoms with Crippen LogP contribution in [0.25, 0.3) is 0 Å². The summed E-state index contributed by atoms with van der Waals surface area (Å²) < 4.78 is 4.10. The number of rotatable bonds is 6. The van der Waals surface area contributed by atoms with Gasteiger partial charge in [0.25, 0.3) is 5.91 Å². The van der Waals surface area contributed by atoms with E-state index in [-0.39, 0.29) is 24.1 Å². The van der Waals surface area contributed by atoms with Gasteiger partial charge in [-0.05, 0) is 48.8 Å². The number of carbonyl (C=O) groups excluding carboxylic acids is 2. The number of anilines is 2. The second-order valence-corrected chi connectivity index (χ2v) is 7.05. The fourth-order valence-corrected chi connectivity index (χ4v) is 2.99. The average Bonchev–Trinajstić information content (AvgIpc) is 3.19. The number of amides is 2. The maximum Gasteiger partial charge on any atom is 0.278 e. The van der Waals surface area contributed by atoms with Gasteiger partial charge in [0.2, 0.25) is 5.91 Å². The van der Waals surface area contributed by atoms with E-state index in [4.69, 9.17) is 0 Å². The van der Waals surface area contributed by atoms with Crippen LogP contribution < -0.4 is 10.6 Å². The average molecular weight is 445 g/mol. The molecule has 0 fully saturated rings. The first-order valence-corrected chi connectivity index (χ1v) is 9.61. The molecule has 0 radical (unpaired) electrons. The van der Waals surface area contributed by atoms with Crippen molar-refractivity contribution >= 4 is 39.1 Å². The second-order valence-electron chi connectivity index (χ2n) is 6.26. The topological polar surface area (TPSA) is 93.8 Å². The molecular formula is C19H21BrN6O2. The molecule has 2 amide bonds. The molecule has 8 nitrogen and oxygen atoms in total. The Hall–Kier alpha value is -2.94. The summed E-state index contributed by atoms with van der Waals surface area (Å²) in [6.07, 6.45) is 1.65. The molecular weight excluding hydrogens is 424 g/mol. The molecule has 0 spiro atoms. The van der Waals surface area contributed by atoms with Crippen molar-refractivity contribution in [3.63, 3.8) is 0 Å². The summed E-state index contributed by atoms with van der Waals surface area (Å²) in [6, 6.07) is 9.09. The first-order chi connectivity index (χ1) is 13.4. The summed E-state index contributed by atoms with van der Waals surface area (Å²) in [4.78, 5) is 25.2. The number of benzene rings is 1. The zero-order chi connectivity index (χ0) is 20.3. The van der Waals surface area contributed by atoms with Crippen LogP contribution in [0.5, 0.6) is 0 Å². The molecule has 28 heavy (non-hydrogen) atoms. The van der Waals surface area contributed by atoms with Gasteiger partial charge >= 0.3 is 0 Å². The minimum absolute atomic E-state index is 0.0370. The number of hydrogen-bond donors (Lipinski definition) is 2. The van der Waals surface area contributed by atoms with Gasteiger partial charge in [-0.25, -0.2) is 0 Å². The van der Waals surface area contributed by atoms with Gasteiger partial charge in [-0.3, -0.25) is 19.0 Å². The number of aromatic nitrogens is 4. The van der Waals surface area contributed by atoms with Gasteiger partial charge in [0.15, 0.2) is 5.69 Å². The molecule has 0 aliphatic carbocycles. The van der Waals surface area contributed by atoms with E-state index in [1.165, 1.54) is 0 Å². The summed E-state index contributed by atoms with van der Waals surface area (Å²) in [5, 5.41) is 14.2. The van der Waals surface area contributed by atoms with Crippen LogP contribution in [0.3, 0.4) is 0 Å². The monoisotopic (exact) mass is 444 g/mol. The van der Waals surface area contributed by atoms with Gasteiger partial charge in [0.05, 0.1) is 21.5 Å².